The Kier molecular flexibility index (Phi) is 3.27. The van der Waals surface area contributed by atoms with Gasteiger partial charge in [0.25, 0.3) is 0 Å². The van der Waals surface area contributed by atoms with Gasteiger partial charge >= 0.3 is 5.97 Å². The summed E-state index contributed by atoms with van der Waals surface area (Å²) in [5, 5.41) is 0. The number of fused-ring (bicyclic) bond motifs is 1. The second kappa shape index (κ2) is 4.87. The molecule has 0 radical (unpaired) electrons. The van der Waals surface area contributed by atoms with E-state index in [1.54, 1.807) is 22.6 Å². The summed E-state index contributed by atoms with van der Waals surface area (Å²) in [6.07, 6.45) is 0.820. The molecule has 2 heterocycles. The van der Waals surface area contributed by atoms with Crippen molar-refractivity contribution in [3.8, 4) is 5.88 Å². The van der Waals surface area contributed by atoms with Gasteiger partial charge < -0.3 is 14.3 Å². The Morgan fingerprint density at radius 2 is 2.22 bits per heavy atom. The molecule has 94 valence electrons. The first-order chi connectivity index (χ1) is 8.72. The van der Waals surface area contributed by atoms with Gasteiger partial charge in [0.2, 0.25) is 0 Å². The number of rotatable bonds is 4. The normalized spacial score (nSPS) is 10.3. The van der Waals surface area contributed by atoms with E-state index in [0.717, 1.165) is 6.29 Å². The molecule has 0 spiro atoms. The number of carbonyl (C=O) groups is 2. The maximum atomic E-state index is 11.6. The fourth-order valence-corrected chi connectivity index (χ4v) is 1.79. The van der Waals surface area contributed by atoms with Crippen LogP contribution in [0.15, 0.2) is 18.2 Å². The van der Waals surface area contributed by atoms with Gasteiger partial charge in [0.15, 0.2) is 11.6 Å². The Hall–Kier alpha value is -2.37. The van der Waals surface area contributed by atoms with E-state index in [9.17, 15) is 9.59 Å². The van der Waals surface area contributed by atoms with Gasteiger partial charge in [-0.25, -0.2) is 9.78 Å². The van der Waals surface area contributed by atoms with Gasteiger partial charge in [-0.2, -0.15) is 0 Å². The summed E-state index contributed by atoms with van der Waals surface area (Å²) in [6.45, 7) is 0. The van der Waals surface area contributed by atoms with Crippen LogP contribution in [-0.2, 0) is 16.0 Å². The van der Waals surface area contributed by atoms with Crippen LogP contribution in [-0.4, -0.2) is 35.9 Å². The summed E-state index contributed by atoms with van der Waals surface area (Å²) in [5.41, 5.74) is 0.728. The molecule has 0 aliphatic heterocycles. The lowest BCUT2D eigenvalue weighted by molar-refractivity contribution is -0.107. The van der Waals surface area contributed by atoms with Crippen molar-refractivity contribution >= 4 is 17.8 Å². The van der Waals surface area contributed by atoms with Crippen LogP contribution in [0, 0.1) is 0 Å². The van der Waals surface area contributed by atoms with E-state index in [1.807, 2.05) is 0 Å². The predicted octanol–water partition coefficient (Wildman–Crippen LogP) is 0.871. The number of aromatic nitrogens is 2. The van der Waals surface area contributed by atoms with E-state index in [4.69, 9.17) is 4.74 Å². The maximum absolute atomic E-state index is 11.6. The minimum atomic E-state index is -0.544. The van der Waals surface area contributed by atoms with Crippen LogP contribution in [0.2, 0.25) is 0 Å². The Bertz CT molecular complexity index is 603. The summed E-state index contributed by atoms with van der Waals surface area (Å²) in [4.78, 5) is 26.4. The first-order valence-electron chi connectivity index (χ1n) is 5.29. The highest BCUT2D eigenvalue weighted by Crippen LogP contribution is 2.21. The number of hydrogen-bond acceptors (Lipinski definition) is 5. The number of carbonyl (C=O) groups excluding carboxylic acids is 2. The molecule has 0 atom stereocenters. The maximum Gasteiger partial charge on any atom is 0.358 e. The number of esters is 1. The van der Waals surface area contributed by atoms with Crippen molar-refractivity contribution in [2.24, 2.45) is 0 Å². The smallest absolute Gasteiger partial charge is 0.358 e. The van der Waals surface area contributed by atoms with Crippen LogP contribution in [0.25, 0.3) is 5.52 Å². The van der Waals surface area contributed by atoms with E-state index in [1.165, 1.54) is 14.2 Å². The van der Waals surface area contributed by atoms with Gasteiger partial charge in [-0.1, -0.05) is 6.07 Å². The van der Waals surface area contributed by atoms with Crippen molar-refractivity contribution < 1.29 is 19.1 Å². The third-order valence-corrected chi connectivity index (χ3v) is 2.55. The Morgan fingerprint density at radius 3 is 2.83 bits per heavy atom. The van der Waals surface area contributed by atoms with Crippen LogP contribution in [0.4, 0.5) is 0 Å². The summed E-state index contributed by atoms with van der Waals surface area (Å²) in [5.74, 6) is 0.405. The fourth-order valence-electron chi connectivity index (χ4n) is 1.79. The zero-order chi connectivity index (χ0) is 13.1. The molecule has 2 rings (SSSR count). The van der Waals surface area contributed by atoms with E-state index in [0.29, 0.717) is 17.2 Å². The average Bonchev–Trinajstić information content (AvgIpc) is 2.77. The molecule has 0 fully saturated rings. The molecule has 0 aromatic carbocycles. The Balaban J connectivity index is 2.75. The molecule has 2 aromatic heterocycles. The van der Waals surface area contributed by atoms with Gasteiger partial charge in [-0.15, -0.1) is 0 Å². The van der Waals surface area contributed by atoms with Crippen molar-refractivity contribution in [1.29, 1.82) is 0 Å². The summed E-state index contributed by atoms with van der Waals surface area (Å²) >= 11 is 0. The number of nitrogens with zero attached hydrogens (tertiary/aromatic N) is 2. The molecule has 6 nitrogen and oxygen atoms in total. The predicted molar refractivity (Wildman–Crippen MR) is 62.9 cm³/mol. The van der Waals surface area contributed by atoms with Crippen molar-refractivity contribution in [3.63, 3.8) is 0 Å². The molecule has 0 saturated heterocycles. The minimum Gasteiger partial charge on any atom is -0.482 e. The average molecular weight is 248 g/mol. The van der Waals surface area contributed by atoms with Crippen LogP contribution >= 0.6 is 0 Å². The fraction of sp³-hybridized carbons (Fsp3) is 0.250. The zero-order valence-electron chi connectivity index (χ0n) is 10.0. The number of pyridine rings is 1. The molecule has 0 aliphatic rings. The third kappa shape index (κ3) is 1.81. The minimum absolute atomic E-state index is 0.0958. The Morgan fingerprint density at radius 1 is 1.44 bits per heavy atom. The van der Waals surface area contributed by atoms with Crippen molar-refractivity contribution in [2.75, 3.05) is 14.2 Å². The number of methoxy groups -OCH3 is 2. The van der Waals surface area contributed by atoms with Crippen LogP contribution in [0.3, 0.4) is 0 Å². The molecule has 2 aromatic rings. The largest absolute Gasteiger partial charge is 0.482 e. The van der Waals surface area contributed by atoms with Gasteiger partial charge in [0, 0.05) is 0 Å². The molecule has 0 bridgehead atoms. The van der Waals surface area contributed by atoms with Crippen LogP contribution < -0.4 is 4.74 Å². The van der Waals surface area contributed by atoms with Crippen molar-refractivity contribution in [2.45, 2.75) is 6.42 Å². The lowest BCUT2D eigenvalue weighted by Gasteiger charge is -2.05. The lowest BCUT2D eigenvalue weighted by Crippen LogP contribution is -2.02. The molecule has 0 aliphatic carbocycles. The second-order valence-corrected chi connectivity index (χ2v) is 3.53. The second-order valence-electron chi connectivity index (χ2n) is 3.53. The van der Waals surface area contributed by atoms with E-state index < -0.39 is 5.97 Å². The molecular formula is C12H12N2O4. The highest BCUT2D eigenvalue weighted by atomic mass is 16.5. The lowest BCUT2D eigenvalue weighted by atomic mass is 10.3. The molecule has 0 amide bonds. The van der Waals surface area contributed by atoms with E-state index in [-0.39, 0.29) is 12.1 Å². The SMILES string of the molecule is COC(=O)c1nc(CC=O)n2c(OC)cccc12. The van der Waals surface area contributed by atoms with E-state index in [2.05, 4.69) is 9.72 Å². The van der Waals surface area contributed by atoms with Gasteiger partial charge in [-0.05, 0) is 12.1 Å². The molecule has 0 unspecified atom stereocenters. The quantitative estimate of drug-likeness (QED) is 0.593. The van der Waals surface area contributed by atoms with Gasteiger partial charge in [-0.3, -0.25) is 4.40 Å². The molecule has 6 heteroatoms. The highest BCUT2D eigenvalue weighted by Gasteiger charge is 2.19. The van der Waals surface area contributed by atoms with Crippen molar-refractivity contribution in [1.82, 2.24) is 9.38 Å². The zero-order valence-corrected chi connectivity index (χ0v) is 10.0. The standard InChI is InChI=1S/C12H12N2O4/c1-17-10-5-3-4-8-11(12(16)18-2)13-9(6-7-15)14(8)10/h3-5,7H,6H2,1-2H3. The number of aldehydes is 1. The van der Waals surface area contributed by atoms with Crippen LogP contribution in [0.5, 0.6) is 5.88 Å². The monoisotopic (exact) mass is 248 g/mol. The highest BCUT2D eigenvalue weighted by molar-refractivity contribution is 5.95. The van der Waals surface area contributed by atoms with Gasteiger partial charge in [0.1, 0.15) is 12.1 Å². The number of hydrogen-bond donors (Lipinski definition) is 0. The molecule has 0 N–H and O–H groups in total. The molecular weight excluding hydrogens is 236 g/mol. The van der Waals surface area contributed by atoms with E-state index >= 15 is 0 Å². The summed E-state index contributed by atoms with van der Waals surface area (Å²) in [6, 6.07) is 5.19. The summed E-state index contributed by atoms with van der Waals surface area (Å²) in [7, 11) is 2.80. The third-order valence-electron chi connectivity index (χ3n) is 2.55. The topological polar surface area (TPSA) is 69.9 Å². The van der Waals surface area contributed by atoms with Crippen molar-refractivity contribution in [3.05, 3.63) is 29.7 Å². The molecule has 18 heavy (non-hydrogen) atoms. The summed E-state index contributed by atoms with van der Waals surface area (Å²) < 4.78 is 11.5. The van der Waals surface area contributed by atoms with Gasteiger partial charge in [0.05, 0.1) is 26.2 Å². The number of ether oxygens (including phenoxy) is 2. The Labute approximate surface area is 103 Å². The van der Waals surface area contributed by atoms with Crippen LogP contribution in [0.1, 0.15) is 16.3 Å². The molecule has 0 saturated carbocycles. The first-order valence-corrected chi connectivity index (χ1v) is 5.29. The first kappa shape index (κ1) is 12.1. The number of imidazole rings is 1.